The molecule has 30 heavy (non-hydrogen) atoms. The van der Waals surface area contributed by atoms with E-state index in [4.69, 9.17) is 35.4 Å². The fraction of sp³-hybridized carbons (Fsp3) is 0.300. The van der Waals surface area contributed by atoms with E-state index in [-0.39, 0.29) is 17.5 Å². The Morgan fingerprint density at radius 3 is 2.67 bits per heavy atom. The molecule has 2 aromatic carbocycles. The molecule has 10 heteroatoms. The molecule has 1 atom stereocenters. The van der Waals surface area contributed by atoms with Crippen LogP contribution in [0.15, 0.2) is 48.5 Å². The zero-order valence-electron chi connectivity index (χ0n) is 16.0. The fourth-order valence-electron chi connectivity index (χ4n) is 3.61. The predicted octanol–water partition coefficient (Wildman–Crippen LogP) is 4.56. The van der Waals surface area contributed by atoms with Gasteiger partial charge >= 0.3 is 0 Å². The van der Waals surface area contributed by atoms with Gasteiger partial charge in [0.1, 0.15) is 0 Å². The molecule has 3 aromatic rings. The quantitative estimate of drug-likeness (QED) is 0.521. The van der Waals surface area contributed by atoms with Crippen LogP contribution in [0.3, 0.4) is 0 Å². The van der Waals surface area contributed by atoms with Crippen molar-refractivity contribution < 1.29 is 8.42 Å². The van der Waals surface area contributed by atoms with Crippen molar-refractivity contribution in [3.05, 3.63) is 68.9 Å². The van der Waals surface area contributed by atoms with Gasteiger partial charge in [0.05, 0.1) is 23.2 Å². The molecule has 0 radical (unpaired) electrons. The summed E-state index contributed by atoms with van der Waals surface area (Å²) in [7, 11) is -3.02. The first-order chi connectivity index (χ1) is 14.3. The van der Waals surface area contributed by atoms with Crippen LogP contribution in [-0.4, -0.2) is 45.6 Å². The maximum atomic E-state index is 12.1. The molecule has 0 bridgehead atoms. The van der Waals surface area contributed by atoms with Gasteiger partial charge in [0.15, 0.2) is 15.7 Å². The molecule has 0 spiro atoms. The number of rotatable bonds is 6. The van der Waals surface area contributed by atoms with Crippen LogP contribution in [0.5, 0.6) is 0 Å². The summed E-state index contributed by atoms with van der Waals surface area (Å²) in [6, 6.07) is 15.0. The molecule has 0 unspecified atom stereocenters. The Balaban J connectivity index is 1.63. The smallest absolute Gasteiger partial charge is 0.217 e. The molecule has 158 valence electrons. The van der Waals surface area contributed by atoms with Gasteiger partial charge in [0, 0.05) is 23.2 Å². The van der Waals surface area contributed by atoms with Crippen molar-refractivity contribution in [3.63, 3.8) is 0 Å². The number of sulfone groups is 1. The molecule has 0 aliphatic carbocycles. The van der Waals surface area contributed by atoms with Gasteiger partial charge < -0.3 is 0 Å². The van der Waals surface area contributed by atoms with Crippen LogP contribution in [-0.2, 0) is 23.1 Å². The van der Waals surface area contributed by atoms with Crippen molar-refractivity contribution in [2.75, 3.05) is 11.5 Å². The lowest BCUT2D eigenvalue weighted by atomic mass is 10.1. The van der Waals surface area contributed by atoms with Gasteiger partial charge in [-0.1, -0.05) is 53.5 Å². The lowest BCUT2D eigenvalue weighted by molar-refractivity contribution is 0.146. The molecule has 1 aromatic heterocycles. The van der Waals surface area contributed by atoms with Gasteiger partial charge in [0.25, 0.3) is 0 Å². The maximum absolute atomic E-state index is 12.1. The summed E-state index contributed by atoms with van der Waals surface area (Å²) in [5.74, 6) is 0.876. The third kappa shape index (κ3) is 4.95. The molecule has 1 aliphatic rings. The van der Waals surface area contributed by atoms with E-state index in [0.29, 0.717) is 45.8 Å². The van der Waals surface area contributed by atoms with Crippen LogP contribution in [0.4, 0.5) is 0 Å². The summed E-state index contributed by atoms with van der Waals surface area (Å²) in [4.78, 5) is 6.55. The van der Waals surface area contributed by atoms with Crippen molar-refractivity contribution in [2.24, 2.45) is 0 Å². The lowest BCUT2D eigenvalue weighted by Gasteiger charge is -2.28. The Morgan fingerprint density at radius 2 is 1.97 bits per heavy atom. The van der Waals surface area contributed by atoms with Crippen molar-refractivity contribution in [2.45, 2.75) is 25.7 Å². The zero-order chi connectivity index (χ0) is 21.3. The normalized spacial score (nSPS) is 18.2. The van der Waals surface area contributed by atoms with Gasteiger partial charge in [0.2, 0.25) is 4.77 Å². The summed E-state index contributed by atoms with van der Waals surface area (Å²) in [5.41, 5.74) is 1.76. The van der Waals surface area contributed by atoms with Crippen LogP contribution in [0, 0.1) is 4.77 Å². The first-order valence-electron chi connectivity index (χ1n) is 9.41. The number of hydrogen-bond acceptors (Lipinski definition) is 5. The molecule has 0 saturated carbocycles. The lowest BCUT2D eigenvalue weighted by Crippen LogP contribution is -2.37. The van der Waals surface area contributed by atoms with E-state index in [0.717, 1.165) is 5.56 Å². The maximum Gasteiger partial charge on any atom is 0.217 e. The van der Waals surface area contributed by atoms with E-state index < -0.39 is 9.84 Å². The molecule has 6 nitrogen and oxygen atoms in total. The van der Waals surface area contributed by atoms with Gasteiger partial charge in [-0.05, 0) is 42.4 Å². The Kier molecular flexibility index (Phi) is 6.31. The Bertz CT molecular complexity index is 1210. The van der Waals surface area contributed by atoms with Crippen molar-refractivity contribution in [3.8, 4) is 11.4 Å². The van der Waals surface area contributed by atoms with Crippen molar-refractivity contribution in [1.82, 2.24) is 19.7 Å². The number of aromatic nitrogens is 3. The molecule has 0 amide bonds. The van der Waals surface area contributed by atoms with E-state index in [9.17, 15) is 8.42 Å². The molecular weight excluding hydrogens is 463 g/mol. The first kappa shape index (κ1) is 21.5. The summed E-state index contributed by atoms with van der Waals surface area (Å²) < 4.78 is 26.2. The van der Waals surface area contributed by atoms with E-state index in [2.05, 4.69) is 15.0 Å². The van der Waals surface area contributed by atoms with Crippen LogP contribution in [0.25, 0.3) is 11.4 Å². The van der Waals surface area contributed by atoms with Gasteiger partial charge in [-0.3, -0.25) is 10.00 Å². The molecule has 1 aliphatic heterocycles. The number of nitrogens with one attached hydrogen (secondary N) is 1. The Hall–Kier alpha value is -1.71. The monoisotopic (exact) mass is 482 g/mol. The second kappa shape index (κ2) is 8.80. The average molecular weight is 483 g/mol. The number of benzene rings is 2. The topological polar surface area (TPSA) is 71.0 Å². The summed E-state index contributed by atoms with van der Waals surface area (Å²) in [6.07, 6.45) is 0.601. The number of H-pyrrole nitrogens is 1. The second-order valence-corrected chi connectivity index (χ2v) is 10.8. The van der Waals surface area contributed by atoms with Crippen LogP contribution < -0.4 is 0 Å². The van der Waals surface area contributed by atoms with Crippen molar-refractivity contribution >= 4 is 45.3 Å². The van der Waals surface area contributed by atoms with Gasteiger partial charge in [-0.15, -0.1) is 0 Å². The minimum Gasteiger partial charge on any atom is -0.278 e. The third-order valence-corrected chi connectivity index (χ3v) is 7.77. The van der Waals surface area contributed by atoms with Gasteiger partial charge in [-0.25, -0.2) is 13.1 Å². The summed E-state index contributed by atoms with van der Waals surface area (Å²) >= 11 is 17.9. The van der Waals surface area contributed by atoms with Crippen LogP contribution in [0.1, 0.15) is 12.0 Å². The highest BCUT2D eigenvalue weighted by Gasteiger charge is 2.32. The second-order valence-electron chi connectivity index (χ2n) is 7.34. The van der Waals surface area contributed by atoms with Gasteiger partial charge in [-0.2, -0.15) is 4.98 Å². The first-order valence-corrected chi connectivity index (χ1v) is 12.4. The Labute approximate surface area is 190 Å². The largest absolute Gasteiger partial charge is 0.278 e. The van der Waals surface area contributed by atoms with E-state index in [1.165, 1.54) is 0 Å². The number of nitrogens with zero attached hydrogens (tertiary/aromatic N) is 3. The third-order valence-electron chi connectivity index (χ3n) is 5.14. The highest BCUT2D eigenvalue weighted by molar-refractivity contribution is 7.91. The van der Waals surface area contributed by atoms with Crippen molar-refractivity contribution in [1.29, 1.82) is 0 Å². The van der Waals surface area contributed by atoms with Crippen LogP contribution >= 0.6 is 35.4 Å². The molecule has 4 rings (SSSR count). The summed E-state index contributed by atoms with van der Waals surface area (Å²) in [5, 5.41) is 4.25. The van der Waals surface area contributed by atoms with E-state index in [1.54, 1.807) is 22.9 Å². The highest BCUT2D eigenvalue weighted by atomic mass is 35.5. The number of hydrogen-bond donors (Lipinski definition) is 1. The minimum absolute atomic E-state index is 0.0846. The summed E-state index contributed by atoms with van der Waals surface area (Å²) in [6.45, 7) is 0.994. The number of halogens is 2. The van der Waals surface area contributed by atoms with E-state index in [1.807, 2.05) is 30.3 Å². The standard InChI is InChI=1S/C20H20Cl2N4O2S2/c21-15-6-7-18(22)17(10-15)19-23-20(29)26(24-19)13-25(11-14-4-2-1-3-5-14)16-8-9-30(27,28)12-16/h1-7,10,16H,8-9,11-13H2,(H,23,24,29)/t16-/m0/s1. The minimum atomic E-state index is -3.02. The number of aromatic amines is 1. The molecule has 1 saturated heterocycles. The SMILES string of the molecule is O=S1(=O)CC[C@H](N(Cc2ccccc2)Cn2[nH]c(-c3cc(Cl)ccc3Cl)nc2=S)C1. The molecular formula is C20H20Cl2N4O2S2. The molecule has 1 N–H and O–H groups in total. The highest BCUT2D eigenvalue weighted by Crippen LogP contribution is 2.28. The zero-order valence-corrected chi connectivity index (χ0v) is 19.1. The van der Waals surface area contributed by atoms with E-state index >= 15 is 0 Å². The Morgan fingerprint density at radius 1 is 1.20 bits per heavy atom. The molecule has 2 heterocycles. The molecule has 1 fully saturated rings. The fourth-order valence-corrected chi connectivity index (χ4v) is 5.94. The average Bonchev–Trinajstić information content (AvgIpc) is 3.26. The predicted molar refractivity (Wildman–Crippen MR) is 122 cm³/mol. The van der Waals surface area contributed by atoms with Crippen LogP contribution in [0.2, 0.25) is 10.0 Å².